The summed E-state index contributed by atoms with van der Waals surface area (Å²) in [4.78, 5) is 2.31. The van der Waals surface area contributed by atoms with Crippen LogP contribution in [0.25, 0.3) is 66.1 Å². The quantitative estimate of drug-likeness (QED) is 0.0990. The molecule has 0 N–H and O–H groups in total. The second kappa shape index (κ2) is 15.2. The van der Waals surface area contributed by atoms with Crippen molar-refractivity contribution in [2.45, 2.75) is 0 Å². The summed E-state index contributed by atoms with van der Waals surface area (Å²) in [6.07, 6.45) is 19.7. The summed E-state index contributed by atoms with van der Waals surface area (Å²) in [5.74, 6) is 0. The van der Waals surface area contributed by atoms with Gasteiger partial charge in [0.15, 0.2) is 0 Å². The first-order chi connectivity index (χ1) is 26.6. The van der Waals surface area contributed by atoms with E-state index in [0.717, 1.165) is 72.0 Å². The van der Waals surface area contributed by atoms with Crippen LogP contribution in [-0.4, -0.2) is 0 Å². The van der Waals surface area contributed by atoms with Gasteiger partial charge in [0, 0.05) is 28.0 Å². The van der Waals surface area contributed by atoms with Gasteiger partial charge in [-0.25, -0.2) is 0 Å². The monoisotopic (exact) mass is 693 g/mol. The predicted octanol–water partition coefficient (Wildman–Crippen LogP) is 14.8. The number of rotatable bonds is 11. The Kier molecular flexibility index (Phi) is 9.56. The molecule has 258 valence electrons. The van der Waals surface area contributed by atoms with Crippen LogP contribution in [0.2, 0.25) is 0 Å². The van der Waals surface area contributed by atoms with E-state index in [1.165, 1.54) is 16.2 Å². The molecule has 0 radical (unpaired) electrons. The number of allylic oxidation sites excluding steroid dienone is 9. The molecule has 0 saturated carbocycles. The number of nitrogens with zero attached hydrogens (tertiary/aromatic N) is 1. The van der Waals surface area contributed by atoms with Gasteiger partial charge in [-0.1, -0.05) is 159 Å². The third-order valence-electron chi connectivity index (χ3n) is 9.75. The van der Waals surface area contributed by atoms with Crippen LogP contribution in [0.5, 0.6) is 0 Å². The highest BCUT2D eigenvalue weighted by molar-refractivity contribution is 6.08. The molecule has 1 heterocycles. The van der Waals surface area contributed by atoms with Crippen molar-refractivity contribution in [3.8, 4) is 11.1 Å². The summed E-state index contributed by atoms with van der Waals surface area (Å²) in [5.41, 5.74) is 9.14. The molecule has 8 rings (SSSR count). The highest BCUT2D eigenvalue weighted by atomic mass is 16.3. The van der Waals surface area contributed by atoms with Crippen molar-refractivity contribution in [2.75, 3.05) is 4.90 Å². The number of anilines is 2. The van der Waals surface area contributed by atoms with Gasteiger partial charge in [-0.2, -0.15) is 0 Å². The van der Waals surface area contributed by atoms with E-state index in [-0.39, 0.29) is 0 Å². The fourth-order valence-electron chi connectivity index (χ4n) is 7.20. The fourth-order valence-corrected chi connectivity index (χ4v) is 7.20. The molecule has 0 saturated heterocycles. The Balaban J connectivity index is 1.34. The third kappa shape index (κ3) is 6.77. The molecular formula is C52H39NO. The topological polar surface area (TPSA) is 16.4 Å². The van der Waals surface area contributed by atoms with Crippen molar-refractivity contribution in [3.05, 3.63) is 231 Å². The molecule has 0 unspecified atom stereocenters. The molecule has 7 aromatic carbocycles. The Morgan fingerprint density at radius 1 is 0.537 bits per heavy atom. The minimum atomic E-state index is 0.840. The molecule has 0 aliphatic heterocycles. The van der Waals surface area contributed by atoms with Gasteiger partial charge in [-0.05, 0) is 109 Å². The highest BCUT2D eigenvalue weighted by Crippen LogP contribution is 2.39. The largest absolute Gasteiger partial charge is 0.464 e. The Morgan fingerprint density at radius 3 is 2.06 bits per heavy atom. The molecule has 0 amide bonds. The summed E-state index contributed by atoms with van der Waals surface area (Å²) in [5, 5.41) is 8.18. The van der Waals surface area contributed by atoms with Gasteiger partial charge >= 0.3 is 0 Å². The Hall–Kier alpha value is -7.16. The molecule has 54 heavy (non-hydrogen) atoms. The van der Waals surface area contributed by atoms with E-state index < -0.39 is 0 Å². The molecule has 0 aliphatic rings. The Labute approximate surface area is 316 Å². The average molecular weight is 694 g/mol. The zero-order chi connectivity index (χ0) is 36.9. The molecule has 0 fully saturated rings. The first-order valence-electron chi connectivity index (χ1n) is 18.1. The van der Waals surface area contributed by atoms with E-state index in [2.05, 4.69) is 182 Å². The molecule has 2 nitrogen and oxygen atoms in total. The van der Waals surface area contributed by atoms with E-state index in [9.17, 15) is 0 Å². The lowest BCUT2D eigenvalue weighted by molar-refractivity contribution is 0.615. The van der Waals surface area contributed by atoms with Crippen LogP contribution < -0.4 is 4.90 Å². The second-order valence-corrected chi connectivity index (χ2v) is 13.2. The maximum absolute atomic E-state index is 6.20. The molecule has 1 aromatic heterocycles. The lowest BCUT2D eigenvalue weighted by Crippen LogP contribution is -2.15. The summed E-state index contributed by atoms with van der Waals surface area (Å²) >= 11 is 0. The van der Waals surface area contributed by atoms with Crippen molar-refractivity contribution in [1.82, 2.24) is 0 Å². The van der Waals surface area contributed by atoms with Crippen molar-refractivity contribution < 1.29 is 4.42 Å². The van der Waals surface area contributed by atoms with Gasteiger partial charge in [0.05, 0.1) is 6.26 Å². The number of furan rings is 1. The summed E-state index contributed by atoms with van der Waals surface area (Å²) in [7, 11) is 0. The van der Waals surface area contributed by atoms with Crippen molar-refractivity contribution in [2.24, 2.45) is 0 Å². The lowest BCUT2D eigenvalue weighted by atomic mass is 9.98. The summed E-state index contributed by atoms with van der Waals surface area (Å²) in [6, 6.07) is 49.7. The first kappa shape index (κ1) is 34.0. The molecule has 8 aromatic rings. The van der Waals surface area contributed by atoms with Crippen LogP contribution in [0.3, 0.4) is 0 Å². The van der Waals surface area contributed by atoms with Crippen molar-refractivity contribution in [1.29, 1.82) is 0 Å². The molecule has 0 bridgehead atoms. The van der Waals surface area contributed by atoms with Crippen LogP contribution in [0.4, 0.5) is 11.4 Å². The van der Waals surface area contributed by atoms with Crippen LogP contribution in [0.15, 0.2) is 224 Å². The van der Waals surface area contributed by atoms with E-state index in [4.69, 9.17) is 4.42 Å². The number of hydrogen-bond donors (Lipinski definition) is 0. The Morgan fingerprint density at radius 2 is 1.24 bits per heavy atom. The average Bonchev–Trinajstić information content (AvgIpc) is 3.63. The number of fused-ring (bicyclic) bond motifs is 5. The minimum absolute atomic E-state index is 0.840. The van der Waals surface area contributed by atoms with Crippen LogP contribution in [0.1, 0.15) is 11.1 Å². The van der Waals surface area contributed by atoms with Gasteiger partial charge in [0.2, 0.25) is 0 Å². The molecular weight excluding hydrogens is 655 g/mol. The normalized spacial score (nSPS) is 12.4. The van der Waals surface area contributed by atoms with Crippen LogP contribution in [-0.2, 0) is 0 Å². The standard InChI is InChI=1S/C52H39NO/c1-4-7-16-37-17-13-21-39(30-37)40-22-14-24-46(31-40)53(47-28-29-49-44(33-47)27-26-38-18-11-12-25-48(38)49)45(23-8-5-2)32-43(15-6-3)51-36-54-52-35-42-20-10-9-19-41(42)34-50(51)52/h4-36H,1-3H2/b16-7-,23-8-,43-15-,45-32-. The SMILES string of the molecule is C=C\C=C/C(=C/C(=C/C=C)c1coc2cc3ccccc3cc12)N(c1cccc(-c2cccc(/C=C\C=C)c2)c1)c1ccc2c(ccc3ccccc32)c1. The van der Waals surface area contributed by atoms with E-state index in [0.29, 0.717) is 0 Å². The third-order valence-corrected chi connectivity index (χ3v) is 9.75. The van der Waals surface area contributed by atoms with E-state index in [1.807, 2.05) is 36.6 Å². The van der Waals surface area contributed by atoms with Crippen molar-refractivity contribution >= 4 is 66.3 Å². The highest BCUT2D eigenvalue weighted by Gasteiger charge is 2.18. The van der Waals surface area contributed by atoms with Crippen LogP contribution >= 0.6 is 0 Å². The number of hydrogen-bond acceptors (Lipinski definition) is 2. The molecule has 0 spiro atoms. The minimum Gasteiger partial charge on any atom is -0.464 e. The summed E-state index contributed by atoms with van der Waals surface area (Å²) < 4.78 is 6.20. The van der Waals surface area contributed by atoms with Gasteiger partial charge in [-0.3, -0.25) is 0 Å². The smallest absolute Gasteiger partial charge is 0.135 e. The van der Waals surface area contributed by atoms with Gasteiger partial charge in [0.1, 0.15) is 5.58 Å². The number of benzene rings is 7. The van der Waals surface area contributed by atoms with E-state index in [1.54, 1.807) is 6.08 Å². The molecule has 0 atom stereocenters. The van der Waals surface area contributed by atoms with E-state index >= 15 is 0 Å². The maximum Gasteiger partial charge on any atom is 0.135 e. The fraction of sp³-hybridized carbons (Fsp3) is 0. The maximum atomic E-state index is 6.20. The Bertz CT molecular complexity index is 2840. The first-order valence-corrected chi connectivity index (χ1v) is 18.1. The van der Waals surface area contributed by atoms with Gasteiger partial charge in [-0.15, -0.1) is 0 Å². The summed E-state index contributed by atoms with van der Waals surface area (Å²) in [6.45, 7) is 12.0. The van der Waals surface area contributed by atoms with Gasteiger partial charge < -0.3 is 9.32 Å². The molecule has 2 heteroatoms. The second-order valence-electron chi connectivity index (χ2n) is 13.2. The zero-order valence-electron chi connectivity index (χ0n) is 30.0. The lowest BCUT2D eigenvalue weighted by Gasteiger charge is -2.28. The zero-order valence-corrected chi connectivity index (χ0v) is 30.0. The predicted molar refractivity (Wildman–Crippen MR) is 234 cm³/mol. The molecule has 0 aliphatic carbocycles. The van der Waals surface area contributed by atoms with Gasteiger partial charge in [0.25, 0.3) is 0 Å². The van der Waals surface area contributed by atoms with Crippen molar-refractivity contribution in [3.63, 3.8) is 0 Å². The van der Waals surface area contributed by atoms with Crippen LogP contribution in [0, 0.1) is 0 Å².